The molecule has 1 atom stereocenters. The van der Waals surface area contributed by atoms with Gasteiger partial charge in [-0.25, -0.2) is 4.79 Å². The van der Waals surface area contributed by atoms with E-state index in [1.54, 1.807) is 24.3 Å². The van der Waals surface area contributed by atoms with E-state index in [0.29, 0.717) is 29.8 Å². The monoisotopic (exact) mass is 422 g/mol. The summed E-state index contributed by atoms with van der Waals surface area (Å²) in [5, 5.41) is 14.5. The van der Waals surface area contributed by atoms with E-state index in [1.807, 2.05) is 0 Å². The molecule has 0 aromatic heterocycles. The van der Waals surface area contributed by atoms with Crippen LogP contribution in [0.25, 0.3) is 0 Å². The van der Waals surface area contributed by atoms with Gasteiger partial charge in [0.05, 0.1) is 17.9 Å². The Kier molecular flexibility index (Phi) is 5.46. The Morgan fingerprint density at radius 2 is 1.65 bits per heavy atom. The summed E-state index contributed by atoms with van der Waals surface area (Å²) in [5.74, 6) is -2.60. The largest absolute Gasteiger partial charge is 0.478 e. The Hall–Kier alpha value is -3.68. The molecule has 1 spiro atoms. The first-order valence-electron chi connectivity index (χ1n) is 10.1. The first-order chi connectivity index (χ1) is 14.9. The summed E-state index contributed by atoms with van der Waals surface area (Å²) in [7, 11) is 0. The highest BCUT2D eigenvalue weighted by Crippen LogP contribution is 2.45. The van der Waals surface area contributed by atoms with Gasteiger partial charge in [-0.05, 0) is 68.1 Å². The number of hydrogen-bond acceptors (Lipinski definition) is 5. The van der Waals surface area contributed by atoms with E-state index in [9.17, 15) is 19.2 Å². The first-order valence-corrected chi connectivity index (χ1v) is 10.1. The lowest BCUT2D eigenvalue weighted by Gasteiger charge is -2.27. The summed E-state index contributed by atoms with van der Waals surface area (Å²) in [4.78, 5) is 48.2. The summed E-state index contributed by atoms with van der Waals surface area (Å²) in [5.41, 5.74) is 0.658. The van der Waals surface area contributed by atoms with Crippen molar-refractivity contribution in [2.75, 3.05) is 10.6 Å². The summed E-state index contributed by atoms with van der Waals surface area (Å²) in [6.45, 7) is 0. The standard InChI is InChI=1S/C23H22N2O6/c26-19-13-18(23(31-19)10-1-2-11-23)21(28)25-17-5-3-4-15(12-17)20(27)24-16-8-6-14(7-9-16)22(29)30/h3-9,12,18H,1-2,10-11,13H2,(H,24,27)(H,25,28)(H,29,30)/t18-/m0/s1. The molecule has 2 aromatic carbocycles. The highest BCUT2D eigenvalue weighted by atomic mass is 16.6. The molecule has 1 saturated carbocycles. The molecule has 31 heavy (non-hydrogen) atoms. The van der Waals surface area contributed by atoms with Gasteiger partial charge in [0.2, 0.25) is 5.91 Å². The van der Waals surface area contributed by atoms with Crippen LogP contribution in [0.4, 0.5) is 11.4 Å². The van der Waals surface area contributed by atoms with E-state index in [2.05, 4.69) is 10.6 Å². The number of benzene rings is 2. The first kappa shape index (κ1) is 20.6. The zero-order chi connectivity index (χ0) is 22.0. The average molecular weight is 422 g/mol. The van der Waals surface area contributed by atoms with Gasteiger partial charge < -0.3 is 20.5 Å². The number of carbonyl (C=O) groups is 4. The second kappa shape index (κ2) is 8.22. The highest BCUT2D eigenvalue weighted by molar-refractivity contribution is 6.06. The molecule has 3 N–H and O–H groups in total. The molecule has 1 aliphatic heterocycles. The predicted molar refractivity (Wildman–Crippen MR) is 112 cm³/mol. The van der Waals surface area contributed by atoms with Crippen molar-refractivity contribution in [2.45, 2.75) is 37.7 Å². The fourth-order valence-electron chi connectivity index (χ4n) is 4.31. The zero-order valence-corrected chi connectivity index (χ0v) is 16.7. The molecule has 0 unspecified atom stereocenters. The molecule has 0 bridgehead atoms. The third-order valence-corrected chi connectivity index (χ3v) is 5.87. The lowest BCUT2D eigenvalue weighted by atomic mass is 9.85. The van der Waals surface area contributed by atoms with E-state index in [4.69, 9.17) is 9.84 Å². The number of amides is 2. The number of carboxylic acid groups (broad SMARTS) is 1. The number of carbonyl (C=O) groups excluding carboxylic acids is 3. The Bertz CT molecular complexity index is 1040. The number of ether oxygens (including phenoxy) is 1. The maximum absolute atomic E-state index is 12.9. The fraction of sp³-hybridized carbons (Fsp3) is 0.304. The zero-order valence-electron chi connectivity index (χ0n) is 16.7. The Morgan fingerprint density at radius 1 is 0.935 bits per heavy atom. The van der Waals surface area contributed by atoms with Crippen LogP contribution < -0.4 is 10.6 Å². The van der Waals surface area contributed by atoms with E-state index in [-0.39, 0.29) is 23.9 Å². The minimum atomic E-state index is -1.05. The minimum Gasteiger partial charge on any atom is -0.478 e. The van der Waals surface area contributed by atoms with Gasteiger partial charge in [0.1, 0.15) is 5.60 Å². The molecule has 160 valence electrons. The summed E-state index contributed by atoms with van der Waals surface area (Å²) >= 11 is 0. The number of hydrogen-bond donors (Lipinski definition) is 3. The quantitative estimate of drug-likeness (QED) is 0.635. The molecule has 2 aliphatic rings. The number of anilines is 2. The molecule has 1 heterocycles. The summed E-state index contributed by atoms with van der Waals surface area (Å²) in [6.07, 6.45) is 3.32. The maximum Gasteiger partial charge on any atom is 0.335 e. The van der Waals surface area contributed by atoms with E-state index in [0.717, 1.165) is 12.8 Å². The van der Waals surface area contributed by atoms with E-state index in [1.165, 1.54) is 24.3 Å². The summed E-state index contributed by atoms with van der Waals surface area (Å²) < 4.78 is 5.53. The number of nitrogens with one attached hydrogen (secondary N) is 2. The minimum absolute atomic E-state index is 0.0678. The summed E-state index contributed by atoms with van der Waals surface area (Å²) in [6, 6.07) is 12.3. The van der Waals surface area contributed by atoms with Crippen LogP contribution in [0.2, 0.25) is 0 Å². The van der Waals surface area contributed by atoms with Crippen LogP contribution in [0.1, 0.15) is 52.8 Å². The molecule has 2 aromatic rings. The molecule has 8 nitrogen and oxygen atoms in total. The van der Waals surface area contributed by atoms with Crippen LogP contribution >= 0.6 is 0 Å². The van der Waals surface area contributed by atoms with Crippen molar-refractivity contribution in [2.24, 2.45) is 5.92 Å². The highest BCUT2D eigenvalue weighted by Gasteiger charge is 2.53. The van der Waals surface area contributed by atoms with Crippen LogP contribution in [-0.2, 0) is 14.3 Å². The van der Waals surface area contributed by atoms with Gasteiger partial charge in [-0.3, -0.25) is 14.4 Å². The topological polar surface area (TPSA) is 122 Å². The molecule has 1 saturated heterocycles. The van der Waals surface area contributed by atoms with Gasteiger partial charge in [-0.1, -0.05) is 6.07 Å². The molecule has 8 heteroatoms. The molecular weight excluding hydrogens is 400 g/mol. The van der Waals surface area contributed by atoms with E-state index >= 15 is 0 Å². The van der Waals surface area contributed by atoms with Gasteiger partial charge in [-0.15, -0.1) is 0 Å². The molecule has 2 fully saturated rings. The number of rotatable bonds is 5. The van der Waals surface area contributed by atoms with Crippen molar-refractivity contribution in [3.8, 4) is 0 Å². The lowest BCUT2D eigenvalue weighted by molar-refractivity contribution is -0.149. The van der Waals surface area contributed by atoms with Crippen molar-refractivity contribution < 1.29 is 29.0 Å². The van der Waals surface area contributed by atoms with Gasteiger partial charge in [0.15, 0.2) is 0 Å². The van der Waals surface area contributed by atoms with Gasteiger partial charge in [0, 0.05) is 16.9 Å². The molecule has 1 aliphatic carbocycles. The van der Waals surface area contributed by atoms with Crippen LogP contribution in [0, 0.1) is 5.92 Å². The number of carboxylic acids is 1. The smallest absolute Gasteiger partial charge is 0.335 e. The predicted octanol–water partition coefficient (Wildman–Crippen LogP) is 3.45. The maximum atomic E-state index is 12.9. The average Bonchev–Trinajstić information content (AvgIpc) is 3.34. The Labute approximate surface area is 178 Å². The van der Waals surface area contributed by atoms with Crippen molar-refractivity contribution in [1.82, 2.24) is 0 Å². The molecule has 4 rings (SSSR count). The SMILES string of the molecule is O=C1C[C@@H](C(=O)Nc2cccc(C(=O)Nc3ccc(C(=O)O)cc3)c2)C2(CCCC2)O1. The van der Waals surface area contributed by atoms with Gasteiger partial charge in [-0.2, -0.15) is 0 Å². The lowest BCUT2D eigenvalue weighted by Crippen LogP contribution is -2.39. The second-order valence-electron chi connectivity index (χ2n) is 7.91. The molecular formula is C23H22N2O6. The van der Waals surface area contributed by atoms with Gasteiger partial charge in [0.25, 0.3) is 5.91 Å². The van der Waals surface area contributed by atoms with E-state index < -0.39 is 23.4 Å². The fourth-order valence-corrected chi connectivity index (χ4v) is 4.31. The third kappa shape index (κ3) is 4.28. The molecule has 0 radical (unpaired) electrons. The molecule has 2 amide bonds. The van der Waals surface area contributed by atoms with Crippen molar-refractivity contribution in [3.05, 3.63) is 59.7 Å². The normalized spacial score (nSPS) is 19.1. The Morgan fingerprint density at radius 3 is 2.32 bits per heavy atom. The van der Waals surface area contributed by atoms with Crippen LogP contribution in [0.3, 0.4) is 0 Å². The number of esters is 1. The third-order valence-electron chi connectivity index (χ3n) is 5.87. The second-order valence-corrected chi connectivity index (χ2v) is 7.91. The van der Waals surface area contributed by atoms with Crippen molar-refractivity contribution in [3.63, 3.8) is 0 Å². The van der Waals surface area contributed by atoms with Gasteiger partial charge >= 0.3 is 11.9 Å². The van der Waals surface area contributed by atoms with Crippen molar-refractivity contribution in [1.29, 1.82) is 0 Å². The Balaban J connectivity index is 1.44. The van der Waals surface area contributed by atoms with Crippen LogP contribution in [-0.4, -0.2) is 34.5 Å². The number of aromatic carboxylic acids is 1. The van der Waals surface area contributed by atoms with Crippen molar-refractivity contribution >= 4 is 35.1 Å². The van der Waals surface area contributed by atoms with Crippen LogP contribution in [0.5, 0.6) is 0 Å². The van der Waals surface area contributed by atoms with Crippen LogP contribution in [0.15, 0.2) is 48.5 Å².